The van der Waals surface area contributed by atoms with Crippen molar-refractivity contribution in [3.63, 3.8) is 0 Å². The number of rotatable bonds is 5. The highest BCUT2D eigenvalue weighted by Crippen LogP contribution is 2.27. The van der Waals surface area contributed by atoms with Crippen LogP contribution in [0.2, 0.25) is 0 Å². The standard InChI is InChI=1S/C13H10N2O5/c1-2-5-20-13(17)10(8-14)6-9-3-4-12(16)11(7-9)15(18)19/h2-4,6-7,16H,1,5H2/b10-6+. The van der Waals surface area contributed by atoms with Gasteiger partial charge in [0.15, 0.2) is 5.75 Å². The van der Waals surface area contributed by atoms with Crippen LogP contribution in [0.4, 0.5) is 5.69 Å². The van der Waals surface area contributed by atoms with Crippen molar-refractivity contribution >= 4 is 17.7 Å². The van der Waals surface area contributed by atoms with E-state index in [4.69, 9.17) is 5.26 Å². The summed E-state index contributed by atoms with van der Waals surface area (Å²) in [7, 11) is 0. The maximum atomic E-state index is 11.5. The third kappa shape index (κ3) is 3.68. The average molecular weight is 274 g/mol. The zero-order valence-electron chi connectivity index (χ0n) is 10.3. The fraction of sp³-hybridized carbons (Fsp3) is 0.0769. The summed E-state index contributed by atoms with van der Waals surface area (Å²) < 4.78 is 4.69. The van der Waals surface area contributed by atoms with Crippen LogP contribution in [0.25, 0.3) is 6.08 Å². The Morgan fingerprint density at radius 2 is 2.30 bits per heavy atom. The molecule has 0 unspecified atom stereocenters. The molecule has 1 rings (SSSR count). The van der Waals surface area contributed by atoms with E-state index in [-0.39, 0.29) is 17.7 Å². The Morgan fingerprint density at radius 1 is 1.60 bits per heavy atom. The number of ether oxygens (including phenoxy) is 1. The highest BCUT2D eigenvalue weighted by atomic mass is 16.6. The van der Waals surface area contributed by atoms with Gasteiger partial charge in [0.1, 0.15) is 18.2 Å². The predicted molar refractivity (Wildman–Crippen MR) is 69.5 cm³/mol. The lowest BCUT2D eigenvalue weighted by atomic mass is 10.1. The third-order valence-electron chi connectivity index (χ3n) is 2.18. The van der Waals surface area contributed by atoms with E-state index in [1.807, 2.05) is 0 Å². The van der Waals surface area contributed by atoms with E-state index in [2.05, 4.69) is 11.3 Å². The molecule has 0 aromatic heterocycles. The molecule has 0 aliphatic carbocycles. The number of aromatic hydroxyl groups is 1. The molecule has 0 aliphatic rings. The van der Waals surface area contributed by atoms with Gasteiger partial charge in [0, 0.05) is 6.07 Å². The Labute approximate surface area is 114 Å². The quantitative estimate of drug-likeness (QED) is 0.219. The molecule has 7 heteroatoms. The molecule has 102 valence electrons. The summed E-state index contributed by atoms with van der Waals surface area (Å²) in [4.78, 5) is 21.4. The third-order valence-corrected chi connectivity index (χ3v) is 2.18. The maximum Gasteiger partial charge on any atom is 0.349 e. The highest BCUT2D eigenvalue weighted by molar-refractivity contribution is 5.98. The number of nitro benzene ring substituents is 1. The van der Waals surface area contributed by atoms with Gasteiger partial charge in [-0.1, -0.05) is 18.7 Å². The normalized spacial score (nSPS) is 10.4. The first-order valence-electron chi connectivity index (χ1n) is 5.36. The van der Waals surface area contributed by atoms with E-state index >= 15 is 0 Å². The van der Waals surface area contributed by atoms with Crippen molar-refractivity contribution in [3.05, 3.63) is 52.1 Å². The fourth-order valence-electron chi connectivity index (χ4n) is 1.29. The van der Waals surface area contributed by atoms with Crippen LogP contribution < -0.4 is 0 Å². The number of carbonyl (C=O) groups is 1. The molecule has 1 aromatic carbocycles. The van der Waals surface area contributed by atoms with Crippen LogP contribution in [0.15, 0.2) is 36.4 Å². The summed E-state index contributed by atoms with van der Waals surface area (Å²) in [5.41, 5.74) is -0.607. The second-order valence-electron chi connectivity index (χ2n) is 3.56. The second-order valence-corrected chi connectivity index (χ2v) is 3.56. The molecule has 0 fully saturated rings. The molecule has 7 nitrogen and oxygen atoms in total. The number of nitrogens with zero attached hydrogens (tertiary/aromatic N) is 2. The molecule has 0 spiro atoms. The van der Waals surface area contributed by atoms with E-state index in [1.165, 1.54) is 12.1 Å². The topological polar surface area (TPSA) is 113 Å². The van der Waals surface area contributed by atoms with Gasteiger partial charge in [-0.3, -0.25) is 10.1 Å². The number of nitriles is 1. The van der Waals surface area contributed by atoms with Crippen molar-refractivity contribution < 1.29 is 19.6 Å². The molecule has 0 aliphatic heterocycles. The minimum absolute atomic E-state index is 0.0480. The SMILES string of the molecule is C=CCOC(=O)/C(C#N)=C/c1ccc(O)c([N+](=O)[O-])c1. The van der Waals surface area contributed by atoms with Gasteiger partial charge >= 0.3 is 11.7 Å². The zero-order chi connectivity index (χ0) is 15.1. The monoisotopic (exact) mass is 274 g/mol. The first-order valence-corrected chi connectivity index (χ1v) is 5.36. The first-order chi connectivity index (χ1) is 9.49. The number of carbonyl (C=O) groups excluding carboxylic acids is 1. The molecule has 0 amide bonds. The van der Waals surface area contributed by atoms with E-state index in [0.717, 1.165) is 18.2 Å². The van der Waals surface area contributed by atoms with Gasteiger partial charge in [-0.05, 0) is 17.7 Å². The van der Waals surface area contributed by atoms with Crippen molar-refractivity contribution in [1.82, 2.24) is 0 Å². The predicted octanol–water partition coefficient (Wildman–Crippen LogP) is 1.94. The maximum absolute atomic E-state index is 11.5. The lowest BCUT2D eigenvalue weighted by Crippen LogP contribution is -2.06. The summed E-state index contributed by atoms with van der Waals surface area (Å²) >= 11 is 0. The number of phenolic OH excluding ortho intramolecular Hbond substituents is 1. The molecule has 0 atom stereocenters. The van der Waals surface area contributed by atoms with Crippen LogP contribution in [0, 0.1) is 21.4 Å². The van der Waals surface area contributed by atoms with Crippen molar-refractivity contribution in [2.75, 3.05) is 6.61 Å². The van der Waals surface area contributed by atoms with Crippen molar-refractivity contribution in [3.8, 4) is 11.8 Å². The Bertz CT molecular complexity index is 628. The van der Waals surface area contributed by atoms with E-state index in [0.29, 0.717) is 0 Å². The number of nitro groups is 1. The van der Waals surface area contributed by atoms with Crippen LogP contribution in [0.5, 0.6) is 5.75 Å². The summed E-state index contributed by atoms with van der Waals surface area (Å²) in [5, 5.41) is 28.8. The number of benzene rings is 1. The summed E-state index contributed by atoms with van der Waals surface area (Å²) in [6, 6.07) is 5.13. The summed E-state index contributed by atoms with van der Waals surface area (Å²) in [6.07, 6.45) is 2.48. The summed E-state index contributed by atoms with van der Waals surface area (Å²) in [5.74, 6) is -1.36. The lowest BCUT2D eigenvalue weighted by Gasteiger charge is -2.01. The lowest BCUT2D eigenvalue weighted by molar-refractivity contribution is -0.385. The second kappa shape index (κ2) is 6.70. The molecule has 0 saturated carbocycles. The van der Waals surface area contributed by atoms with Crippen LogP contribution in [0.3, 0.4) is 0 Å². The Morgan fingerprint density at radius 3 is 2.85 bits per heavy atom. The van der Waals surface area contributed by atoms with Gasteiger partial charge in [0.05, 0.1) is 4.92 Å². The molecule has 1 aromatic rings. The molecule has 0 radical (unpaired) electrons. The van der Waals surface area contributed by atoms with E-state index < -0.39 is 22.3 Å². The van der Waals surface area contributed by atoms with Gasteiger partial charge in [-0.25, -0.2) is 4.79 Å². The number of hydrogen-bond donors (Lipinski definition) is 1. The van der Waals surface area contributed by atoms with Gasteiger partial charge < -0.3 is 9.84 Å². The van der Waals surface area contributed by atoms with Crippen molar-refractivity contribution in [2.24, 2.45) is 0 Å². The summed E-state index contributed by atoms with van der Waals surface area (Å²) in [6.45, 7) is 3.31. The molecule has 1 N–H and O–H groups in total. The van der Waals surface area contributed by atoms with Gasteiger partial charge in [-0.15, -0.1) is 0 Å². The number of esters is 1. The van der Waals surface area contributed by atoms with Gasteiger partial charge in [0.2, 0.25) is 0 Å². The van der Waals surface area contributed by atoms with Crippen LogP contribution >= 0.6 is 0 Å². The van der Waals surface area contributed by atoms with Crippen molar-refractivity contribution in [2.45, 2.75) is 0 Å². The van der Waals surface area contributed by atoms with Gasteiger partial charge in [-0.2, -0.15) is 5.26 Å². The van der Waals surface area contributed by atoms with Crippen molar-refractivity contribution in [1.29, 1.82) is 5.26 Å². The largest absolute Gasteiger partial charge is 0.502 e. The molecular weight excluding hydrogens is 264 g/mol. The van der Waals surface area contributed by atoms with Gasteiger partial charge in [0.25, 0.3) is 0 Å². The average Bonchev–Trinajstić information content (AvgIpc) is 2.43. The first kappa shape index (κ1) is 14.9. The minimum Gasteiger partial charge on any atom is -0.502 e. The zero-order valence-corrected chi connectivity index (χ0v) is 10.3. The Balaban J connectivity index is 3.11. The number of phenols is 1. The number of hydrogen-bond acceptors (Lipinski definition) is 6. The van der Waals surface area contributed by atoms with E-state index in [1.54, 1.807) is 6.07 Å². The molecule has 20 heavy (non-hydrogen) atoms. The fourth-order valence-corrected chi connectivity index (χ4v) is 1.29. The van der Waals surface area contributed by atoms with Crippen LogP contribution in [-0.2, 0) is 9.53 Å². The molecule has 0 saturated heterocycles. The van der Waals surface area contributed by atoms with Crippen LogP contribution in [0.1, 0.15) is 5.56 Å². The molecular formula is C13H10N2O5. The Hall–Kier alpha value is -3.14. The van der Waals surface area contributed by atoms with E-state index in [9.17, 15) is 20.0 Å². The highest BCUT2D eigenvalue weighted by Gasteiger charge is 2.15. The van der Waals surface area contributed by atoms with Crippen LogP contribution in [-0.4, -0.2) is 22.6 Å². The molecule has 0 bridgehead atoms. The molecule has 0 heterocycles. The Kier molecular flexibility index (Phi) is 5.00. The smallest absolute Gasteiger partial charge is 0.349 e. The minimum atomic E-state index is -0.858.